The summed E-state index contributed by atoms with van der Waals surface area (Å²) in [6.07, 6.45) is 3.61. The Balaban J connectivity index is 0.00000130. The second-order valence-corrected chi connectivity index (χ2v) is 13.2. The van der Waals surface area contributed by atoms with E-state index in [2.05, 4.69) is 104 Å². The van der Waals surface area contributed by atoms with Gasteiger partial charge in [0.2, 0.25) is 0 Å². The van der Waals surface area contributed by atoms with Crippen molar-refractivity contribution in [2.24, 2.45) is 0 Å². The molecular weight excluding hydrogens is 509 g/mol. The molecule has 0 spiro atoms. The van der Waals surface area contributed by atoms with Gasteiger partial charge < -0.3 is 9.41 Å². The van der Waals surface area contributed by atoms with Crippen molar-refractivity contribution in [3.8, 4) is 11.1 Å². The molecule has 33 heavy (non-hydrogen) atoms. The summed E-state index contributed by atoms with van der Waals surface area (Å²) < 4.78 is 2.31. The first-order valence-electron chi connectivity index (χ1n) is 10.9. The average Bonchev–Trinajstić information content (AvgIpc) is 3.34. The number of rotatable bonds is 4. The van der Waals surface area contributed by atoms with Crippen LogP contribution in [0.5, 0.6) is 0 Å². The molecule has 0 amide bonds. The molecule has 2 atom stereocenters. The Morgan fingerprint density at radius 2 is 1.48 bits per heavy atom. The zero-order chi connectivity index (χ0) is 20.8. The van der Waals surface area contributed by atoms with Crippen LogP contribution in [0.1, 0.15) is 31.4 Å². The van der Waals surface area contributed by atoms with Crippen molar-refractivity contribution in [3.05, 3.63) is 124 Å². The predicted octanol–water partition coefficient (Wildman–Crippen LogP) is 0.382. The molecule has 0 bridgehead atoms. The van der Waals surface area contributed by atoms with Crippen molar-refractivity contribution in [1.29, 1.82) is 0 Å². The van der Waals surface area contributed by atoms with E-state index in [1.54, 1.807) is 19.7 Å². The molecule has 0 fully saturated rings. The molecule has 2 aliphatic carbocycles. The first kappa shape index (κ1) is 23.9. The third-order valence-corrected chi connectivity index (χ3v) is 12.9. The van der Waals surface area contributed by atoms with Crippen LogP contribution in [0.4, 0.5) is 0 Å². The van der Waals surface area contributed by atoms with Crippen LogP contribution in [0.15, 0.2) is 96.3 Å². The maximum Gasteiger partial charge on any atom is -1.00 e. The van der Waals surface area contributed by atoms with Crippen molar-refractivity contribution in [2.75, 3.05) is 0 Å². The molecule has 0 saturated carbocycles. The maximum absolute atomic E-state index is 2.50. The van der Waals surface area contributed by atoms with Crippen molar-refractivity contribution < 1.29 is 32.6 Å². The van der Waals surface area contributed by atoms with Gasteiger partial charge in [-0.25, -0.2) is 0 Å². The van der Waals surface area contributed by atoms with E-state index in [1.165, 1.54) is 33.1 Å². The van der Waals surface area contributed by atoms with Crippen LogP contribution in [-0.4, -0.2) is 0 Å². The van der Waals surface area contributed by atoms with Crippen LogP contribution in [-0.2, 0) is 29.7 Å². The van der Waals surface area contributed by atoms with Gasteiger partial charge in [-0.1, -0.05) is 0 Å². The fourth-order valence-electron chi connectivity index (χ4n) is 4.90. The molecule has 2 aliphatic rings. The van der Waals surface area contributed by atoms with Crippen LogP contribution in [0.3, 0.4) is 0 Å². The molecule has 0 radical (unpaired) electrons. The molecule has 0 N–H and O–H groups in total. The molecule has 162 valence electrons. The van der Waals surface area contributed by atoms with Crippen molar-refractivity contribution in [3.63, 3.8) is 0 Å². The van der Waals surface area contributed by atoms with E-state index in [-0.39, 0.29) is 9.41 Å². The number of halogens is 2. The van der Waals surface area contributed by atoms with Gasteiger partial charge in [0.15, 0.2) is 0 Å². The van der Waals surface area contributed by atoms with Crippen LogP contribution in [0.25, 0.3) is 17.2 Å². The van der Waals surface area contributed by atoms with Gasteiger partial charge in [-0.3, -0.25) is 0 Å². The topological polar surface area (TPSA) is 0 Å². The van der Waals surface area contributed by atoms with Crippen LogP contribution in [0.2, 0.25) is 0 Å². The number of hydrogen-bond donors (Lipinski definition) is 0. The summed E-state index contributed by atoms with van der Waals surface area (Å²) in [4.78, 5) is 0. The summed E-state index contributed by atoms with van der Waals surface area (Å²) in [6, 6.07) is 34.0. The van der Waals surface area contributed by atoms with Gasteiger partial charge in [-0.05, 0) is 0 Å². The Kier molecular flexibility index (Phi) is 7.23. The van der Waals surface area contributed by atoms with Gasteiger partial charge in [0.25, 0.3) is 0 Å². The molecule has 0 nitrogen and oxygen atoms in total. The number of allylic oxidation sites excluding steroid dienone is 1. The Morgan fingerprint density at radius 1 is 0.758 bits per heavy atom. The molecule has 0 heterocycles. The number of aryl methyl sites for hydroxylation is 1. The minimum atomic E-state index is -0.875. The molecule has 6 rings (SSSR count). The second kappa shape index (κ2) is 9.96. The number of hydrogen-bond acceptors (Lipinski definition) is 0. The van der Waals surface area contributed by atoms with E-state index in [1.807, 2.05) is 0 Å². The number of fused-ring (bicyclic) bond motifs is 4. The van der Waals surface area contributed by atoms with Gasteiger partial charge in [0, 0.05) is 0 Å². The van der Waals surface area contributed by atoms with E-state index in [0.717, 1.165) is 15.0 Å². The minimum Gasteiger partial charge on any atom is -1.00 e. The Labute approximate surface area is 207 Å². The van der Waals surface area contributed by atoms with Crippen molar-refractivity contribution in [1.82, 2.24) is 0 Å². The van der Waals surface area contributed by atoms with E-state index < -0.39 is 23.2 Å². The second-order valence-electron chi connectivity index (χ2n) is 8.41. The van der Waals surface area contributed by atoms with Crippen molar-refractivity contribution in [2.45, 2.75) is 17.0 Å². The van der Waals surface area contributed by atoms with Gasteiger partial charge in [0.05, 0.1) is 0 Å². The average molecular weight is 532 g/mol. The molecule has 4 aromatic carbocycles. The minimum absolute atomic E-state index is 0. The first-order valence-corrected chi connectivity index (χ1v) is 14.5. The zero-order valence-corrected chi connectivity index (χ0v) is 21.7. The monoisotopic (exact) mass is 530 g/mol. The van der Waals surface area contributed by atoms with Crippen LogP contribution >= 0.6 is 8.58 Å². The number of benzene rings is 4. The molecule has 0 aliphatic heterocycles. The largest absolute Gasteiger partial charge is 1.00 e. The Morgan fingerprint density at radius 3 is 2.36 bits per heavy atom. The smallest absolute Gasteiger partial charge is 1.00 e. The maximum atomic E-state index is 2.50. The van der Waals surface area contributed by atoms with E-state index in [9.17, 15) is 0 Å². The molecule has 4 heteroatoms. The van der Waals surface area contributed by atoms with Gasteiger partial charge in [0.1, 0.15) is 0 Å². The fraction of sp³-hybridized carbons (Fsp3) is 0.103. The third-order valence-electron chi connectivity index (χ3n) is 6.50. The molecule has 2 unspecified atom stereocenters. The molecular formula is C29H23F2PZr. The SMILES string of the molecule is Cc1ccccc1PC1=Cc2ccccc2[CH]1[Zr+2][c]1cccc2c1Cc1ccccc1-2.[F-].[F-]. The van der Waals surface area contributed by atoms with Gasteiger partial charge >= 0.3 is 199 Å². The summed E-state index contributed by atoms with van der Waals surface area (Å²) in [7, 11) is 0.767. The summed E-state index contributed by atoms with van der Waals surface area (Å²) in [6.45, 7) is 2.25. The molecule has 0 saturated heterocycles. The summed E-state index contributed by atoms with van der Waals surface area (Å²) in [5.41, 5.74) is 10.5. The summed E-state index contributed by atoms with van der Waals surface area (Å²) in [5, 5.41) is 3.15. The van der Waals surface area contributed by atoms with Crippen LogP contribution < -0.4 is 18.0 Å². The normalized spacial score (nSPS) is 15.1. The molecule has 4 aromatic rings. The third kappa shape index (κ3) is 4.34. The Bertz CT molecular complexity index is 1350. The summed E-state index contributed by atoms with van der Waals surface area (Å²) in [5.74, 6) is 0. The quantitative estimate of drug-likeness (QED) is 0.295. The predicted molar refractivity (Wildman–Crippen MR) is 131 cm³/mol. The van der Waals surface area contributed by atoms with E-state index in [0.29, 0.717) is 3.63 Å². The first-order chi connectivity index (χ1) is 15.3. The van der Waals surface area contributed by atoms with E-state index >= 15 is 0 Å². The van der Waals surface area contributed by atoms with Crippen molar-refractivity contribution >= 4 is 23.2 Å². The Hall–Kier alpha value is -2.21. The van der Waals surface area contributed by atoms with Gasteiger partial charge in [-0.2, -0.15) is 0 Å². The van der Waals surface area contributed by atoms with Crippen LogP contribution in [0, 0.1) is 6.92 Å². The zero-order valence-electron chi connectivity index (χ0n) is 18.3. The fourth-order valence-corrected chi connectivity index (χ4v) is 11.0. The van der Waals surface area contributed by atoms with E-state index in [4.69, 9.17) is 0 Å². The summed E-state index contributed by atoms with van der Waals surface area (Å²) >= 11 is -0.875. The van der Waals surface area contributed by atoms with Gasteiger partial charge in [-0.15, -0.1) is 0 Å². The molecule has 0 aromatic heterocycles. The standard InChI is InChI=1S/C16H14P.C13H9.2FH.Zr/c1-12-6-2-5-9-16(12)17-15-10-13-7-3-4-8-14(13)11-15;1-3-7-12-10(5-1)9-11-6-2-4-8-13(11)12;;;/h2-11,17H,1H3;1-5,7-8H,9H2;2*1H;/q;;;;+2/p-2.